The number of morpholine rings is 1. The first-order valence-electron chi connectivity index (χ1n) is 8.65. The fourth-order valence-corrected chi connectivity index (χ4v) is 4.81. The SMILES string of the molecule is O=C(Nc1nnc(S(=O)(=O)NCCCN2CCOCC2)s1)c1ccccc1Cl. The maximum absolute atomic E-state index is 12.3. The topological polar surface area (TPSA) is 114 Å². The Kier molecular flexibility index (Phi) is 7.32. The van der Waals surface area contributed by atoms with Crippen LogP contribution in [0.1, 0.15) is 16.8 Å². The molecule has 0 saturated carbocycles. The van der Waals surface area contributed by atoms with Crippen molar-refractivity contribution >= 4 is 44.0 Å². The van der Waals surface area contributed by atoms with Crippen LogP contribution in [-0.2, 0) is 14.8 Å². The summed E-state index contributed by atoms with van der Waals surface area (Å²) in [4.78, 5) is 14.4. The molecule has 2 heterocycles. The molecule has 28 heavy (non-hydrogen) atoms. The van der Waals surface area contributed by atoms with Gasteiger partial charge in [0.25, 0.3) is 15.9 Å². The summed E-state index contributed by atoms with van der Waals surface area (Å²) in [5.74, 6) is -0.482. The van der Waals surface area contributed by atoms with Gasteiger partial charge in [-0.1, -0.05) is 35.1 Å². The van der Waals surface area contributed by atoms with Gasteiger partial charge in [-0.15, -0.1) is 10.2 Å². The first-order chi connectivity index (χ1) is 13.5. The molecule has 3 rings (SSSR count). The number of rotatable bonds is 8. The monoisotopic (exact) mass is 445 g/mol. The van der Waals surface area contributed by atoms with E-state index in [1.54, 1.807) is 24.3 Å². The second-order valence-electron chi connectivity index (χ2n) is 6.01. The van der Waals surface area contributed by atoms with E-state index in [1.807, 2.05) is 0 Å². The molecule has 0 atom stereocenters. The summed E-state index contributed by atoms with van der Waals surface area (Å²) in [7, 11) is -3.78. The zero-order valence-corrected chi connectivity index (χ0v) is 17.3. The van der Waals surface area contributed by atoms with Crippen LogP contribution in [0.3, 0.4) is 0 Å². The Morgan fingerprint density at radius 1 is 1.25 bits per heavy atom. The minimum absolute atomic E-state index is 0.0820. The van der Waals surface area contributed by atoms with E-state index in [4.69, 9.17) is 16.3 Å². The highest BCUT2D eigenvalue weighted by Crippen LogP contribution is 2.22. The summed E-state index contributed by atoms with van der Waals surface area (Å²) in [6.45, 7) is 4.22. The lowest BCUT2D eigenvalue weighted by Gasteiger charge is -2.26. The highest BCUT2D eigenvalue weighted by Gasteiger charge is 2.21. The van der Waals surface area contributed by atoms with E-state index in [0.717, 1.165) is 31.0 Å². The Morgan fingerprint density at radius 2 is 2.00 bits per heavy atom. The van der Waals surface area contributed by atoms with Crippen LogP contribution < -0.4 is 10.0 Å². The minimum atomic E-state index is -3.78. The van der Waals surface area contributed by atoms with E-state index >= 15 is 0 Å². The van der Waals surface area contributed by atoms with Crippen LogP contribution in [0, 0.1) is 0 Å². The standard InChI is InChI=1S/C16H20ClN5O4S2/c17-13-5-2-1-4-12(13)14(23)19-15-20-21-16(27-15)28(24,25)18-6-3-7-22-8-10-26-11-9-22/h1-2,4-5,18H,3,6-11H2,(H,19,20,23). The Hall–Kier alpha value is -1.63. The molecule has 1 aromatic carbocycles. The van der Waals surface area contributed by atoms with Crippen molar-refractivity contribution in [1.29, 1.82) is 0 Å². The average molecular weight is 446 g/mol. The summed E-state index contributed by atoms with van der Waals surface area (Å²) in [5, 5.41) is 10.3. The number of halogens is 1. The molecule has 2 N–H and O–H groups in total. The quantitative estimate of drug-likeness (QED) is 0.467. The fourth-order valence-electron chi connectivity index (χ4n) is 2.57. The Morgan fingerprint density at radius 3 is 2.75 bits per heavy atom. The number of sulfonamides is 1. The molecule has 0 spiro atoms. The molecule has 9 nitrogen and oxygen atoms in total. The lowest BCUT2D eigenvalue weighted by Crippen LogP contribution is -2.38. The van der Waals surface area contributed by atoms with Gasteiger partial charge in [0.15, 0.2) is 0 Å². The Labute approximate surface area is 172 Å². The van der Waals surface area contributed by atoms with Crippen molar-refractivity contribution in [3.05, 3.63) is 34.9 Å². The van der Waals surface area contributed by atoms with Gasteiger partial charge in [-0.3, -0.25) is 15.0 Å². The number of carbonyl (C=O) groups is 1. The molecule has 1 aliphatic rings. The first-order valence-corrected chi connectivity index (χ1v) is 11.3. The van der Waals surface area contributed by atoms with Crippen molar-refractivity contribution in [3.8, 4) is 0 Å². The van der Waals surface area contributed by atoms with E-state index in [9.17, 15) is 13.2 Å². The molecule has 0 bridgehead atoms. The van der Waals surface area contributed by atoms with Gasteiger partial charge in [-0.25, -0.2) is 13.1 Å². The van der Waals surface area contributed by atoms with Crippen molar-refractivity contribution in [2.24, 2.45) is 0 Å². The number of aromatic nitrogens is 2. The van der Waals surface area contributed by atoms with Gasteiger partial charge in [0.05, 0.1) is 23.8 Å². The largest absolute Gasteiger partial charge is 0.379 e. The first kappa shape index (κ1) is 21.1. The van der Waals surface area contributed by atoms with E-state index < -0.39 is 15.9 Å². The Bertz CT molecular complexity index is 915. The molecule has 152 valence electrons. The van der Waals surface area contributed by atoms with Crippen LogP contribution in [0.2, 0.25) is 5.02 Å². The number of nitrogens with one attached hydrogen (secondary N) is 2. The third kappa shape index (κ3) is 5.69. The van der Waals surface area contributed by atoms with Crippen molar-refractivity contribution in [2.75, 3.05) is 44.7 Å². The number of anilines is 1. The molecule has 1 amide bonds. The van der Waals surface area contributed by atoms with E-state index in [2.05, 4.69) is 25.1 Å². The zero-order chi connectivity index (χ0) is 20.0. The lowest BCUT2D eigenvalue weighted by atomic mass is 10.2. The summed E-state index contributed by atoms with van der Waals surface area (Å²) in [6, 6.07) is 6.54. The molecule has 12 heteroatoms. The number of ether oxygens (including phenoxy) is 1. The van der Waals surface area contributed by atoms with E-state index in [0.29, 0.717) is 31.2 Å². The second kappa shape index (κ2) is 9.72. The Balaban J connectivity index is 1.51. The van der Waals surface area contributed by atoms with Crippen molar-refractivity contribution in [1.82, 2.24) is 19.8 Å². The number of hydrogen-bond donors (Lipinski definition) is 2. The van der Waals surface area contributed by atoms with Crippen LogP contribution in [0.25, 0.3) is 0 Å². The number of benzene rings is 1. The van der Waals surface area contributed by atoms with Gasteiger partial charge in [0, 0.05) is 19.6 Å². The summed E-state index contributed by atoms with van der Waals surface area (Å²) < 4.78 is 32.3. The second-order valence-corrected chi connectivity index (χ2v) is 9.34. The predicted molar refractivity (Wildman–Crippen MR) is 106 cm³/mol. The molecule has 0 aliphatic carbocycles. The van der Waals surface area contributed by atoms with Crippen molar-refractivity contribution < 1.29 is 17.9 Å². The normalized spacial score (nSPS) is 15.5. The van der Waals surface area contributed by atoms with Crippen LogP contribution >= 0.6 is 22.9 Å². The third-order valence-corrected chi connectivity index (χ3v) is 7.02. The fraction of sp³-hybridized carbons (Fsp3) is 0.438. The smallest absolute Gasteiger partial charge is 0.269 e. The van der Waals surface area contributed by atoms with Crippen LogP contribution in [0.4, 0.5) is 5.13 Å². The average Bonchev–Trinajstić information content (AvgIpc) is 3.16. The molecule has 1 fully saturated rings. The van der Waals surface area contributed by atoms with Gasteiger partial charge in [-0.2, -0.15) is 0 Å². The summed E-state index contributed by atoms with van der Waals surface area (Å²) >= 11 is 6.76. The highest BCUT2D eigenvalue weighted by atomic mass is 35.5. The number of nitrogens with zero attached hydrogens (tertiary/aromatic N) is 3. The molecule has 0 radical (unpaired) electrons. The van der Waals surface area contributed by atoms with Gasteiger partial charge in [-0.05, 0) is 25.1 Å². The van der Waals surface area contributed by atoms with Gasteiger partial charge in [0.1, 0.15) is 0 Å². The van der Waals surface area contributed by atoms with Crippen LogP contribution in [0.5, 0.6) is 0 Å². The van der Waals surface area contributed by atoms with Crippen LogP contribution in [-0.4, -0.2) is 68.8 Å². The molecule has 2 aromatic rings. The zero-order valence-electron chi connectivity index (χ0n) is 14.9. The van der Waals surface area contributed by atoms with Crippen molar-refractivity contribution in [3.63, 3.8) is 0 Å². The van der Waals surface area contributed by atoms with Gasteiger partial charge < -0.3 is 4.74 Å². The van der Waals surface area contributed by atoms with Crippen molar-refractivity contribution in [2.45, 2.75) is 10.8 Å². The van der Waals surface area contributed by atoms with Gasteiger partial charge >= 0.3 is 0 Å². The van der Waals surface area contributed by atoms with Gasteiger partial charge in [0.2, 0.25) is 9.47 Å². The number of hydrogen-bond acceptors (Lipinski definition) is 8. The predicted octanol–water partition coefficient (Wildman–Crippen LogP) is 1.44. The molecular formula is C16H20ClN5O4S2. The molecule has 1 saturated heterocycles. The maximum atomic E-state index is 12.3. The highest BCUT2D eigenvalue weighted by molar-refractivity contribution is 7.91. The van der Waals surface area contributed by atoms with E-state index in [1.165, 1.54) is 0 Å². The number of amides is 1. The molecule has 0 unspecified atom stereocenters. The maximum Gasteiger partial charge on any atom is 0.269 e. The van der Waals surface area contributed by atoms with E-state index in [-0.39, 0.29) is 15.0 Å². The third-order valence-electron chi connectivity index (χ3n) is 4.02. The van der Waals surface area contributed by atoms with Crippen LogP contribution in [0.15, 0.2) is 28.6 Å². The summed E-state index contributed by atoms with van der Waals surface area (Å²) in [6.07, 6.45) is 0.675. The number of carbonyl (C=O) groups excluding carboxylic acids is 1. The minimum Gasteiger partial charge on any atom is -0.379 e. The molecule has 1 aliphatic heterocycles. The molecule has 1 aromatic heterocycles. The molecular weight excluding hydrogens is 426 g/mol. The summed E-state index contributed by atoms with van der Waals surface area (Å²) in [5.41, 5.74) is 0.269. The lowest BCUT2D eigenvalue weighted by molar-refractivity contribution is 0.0376.